The highest BCUT2D eigenvalue weighted by Gasteiger charge is 2.45. The first-order valence-electron chi connectivity index (χ1n) is 8.55. The number of hydrogen-bond acceptors (Lipinski definition) is 6. The number of ether oxygens (including phenoxy) is 1. The first-order chi connectivity index (χ1) is 11.7. The molecule has 1 aromatic rings. The highest BCUT2D eigenvalue weighted by molar-refractivity contribution is 6.30. The van der Waals surface area contributed by atoms with Crippen LogP contribution in [0.3, 0.4) is 0 Å². The quantitative estimate of drug-likeness (QED) is 0.748. The standard InChI is InChI=1S/C17H20ClN5O/c18-10-3-4-13-11(6-10)14-15(24-13)16(22-17(19)21-14)23-7-9-2-1-5-20-12(9)8-23/h3-4,6,9,12,14-15,20H,1-2,5,7-8H2,(H2,19,21). The number of aliphatic imine (C=N–C) groups is 2. The molecule has 2 saturated heterocycles. The zero-order valence-electron chi connectivity index (χ0n) is 13.3. The van der Waals surface area contributed by atoms with Crippen molar-refractivity contribution in [1.29, 1.82) is 0 Å². The number of fused-ring (bicyclic) bond motifs is 4. The van der Waals surface area contributed by atoms with Crippen molar-refractivity contribution in [1.82, 2.24) is 10.2 Å². The zero-order valence-corrected chi connectivity index (χ0v) is 14.0. The molecule has 4 atom stereocenters. The molecule has 0 radical (unpaired) electrons. The van der Waals surface area contributed by atoms with E-state index in [0.717, 1.165) is 36.8 Å². The number of piperidine rings is 1. The van der Waals surface area contributed by atoms with E-state index < -0.39 is 0 Å². The van der Waals surface area contributed by atoms with Crippen molar-refractivity contribution >= 4 is 23.4 Å². The Kier molecular flexibility index (Phi) is 3.25. The van der Waals surface area contributed by atoms with Gasteiger partial charge in [0.05, 0.1) is 0 Å². The summed E-state index contributed by atoms with van der Waals surface area (Å²) in [7, 11) is 0. The van der Waals surface area contributed by atoms with E-state index in [1.807, 2.05) is 18.2 Å². The summed E-state index contributed by atoms with van der Waals surface area (Å²) in [6.07, 6.45) is 2.32. The van der Waals surface area contributed by atoms with Gasteiger partial charge < -0.3 is 20.7 Å². The van der Waals surface area contributed by atoms with Crippen LogP contribution in [0.5, 0.6) is 5.75 Å². The second-order valence-corrected chi connectivity index (χ2v) is 7.43. The van der Waals surface area contributed by atoms with Crippen LogP contribution in [-0.4, -0.2) is 48.5 Å². The zero-order chi connectivity index (χ0) is 16.3. The maximum absolute atomic E-state index is 6.18. The Morgan fingerprint density at radius 3 is 3.12 bits per heavy atom. The molecular weight excluding hydrogens is 326 g/mol. The average molecular weight is 346 g/mol. The molecule has 4 aliphatic heterocycles. The van der Waals surface area contributed by atoms with Crippen molar-refractivity contribution < 1.29 is 4.74 Å². The molecule has 0 saturated carbocycles. The Balaban J connectivity index is 1.47. The number of amidine groups is 1. The number of nitrogens with two attached hydrogens (primary N) is 1. The summed E-state index contributed by atoms with van der Waals surface area (Å²) >= 11 is 6.15. The molecule has 0 spiro atoms. The maximum Gasteiger partial charge on any atom is 0.217 e. The van der Waals surface area contributed by atoms with Gasteiger partial charge in [-0.15, -0.1) is 0 Å². The number of benzene rings is 1. The number of guanidine groups is 1. The summed E-state index contributed by atoms with van der Waals surface area (Å²) in [4.78, 5) is 11.4. The molecule has 6 nitrogen and oxygen atoms in total. The molecule has 4 heterocycles. The number of hydrogen-bond donors (Lipinski definition) is 2. The lowest BCUT2D eigenvalue weighted by molar-refractivity contribution is 0.252. The Bertz CT molecular complexity index is 734. The lowest BCUT2D eigenvalue weighted by Gasteiger charge is -2.29. The number of likely N-dealkylation sites (tertiary alicyclic amines) is 1. The van der Waals surface area contributed by atoms with Crippen LogP contribution in [0.15, 0.2) is 28.2 Å². The average Bonchev–Trinajstić information content (AvgIpc) is 3.15. The van der Waals surface area contributed by atoms with Crippen LogP contribution in [0.2, 0.25) is 5.02 Å². The van der Waals surface area contributed by atoms with Gasteiger partial charge in [-0.05, 0) is 43.5 Å². The monoisotopic (exact) mass is 345 g/mol. The molecule has 0 amide bonds. The highest BCUT2D eigenvalue weighted by Crippen LogP contribution is 2.43. The van der Waals surface area contributed by atoms with Gasteiger partial charge in [0, 0.05) is 29.7 Å². The van der Waals surface area contributed by atoms with E-state index in [1.54, 1.807) is 0 Å². The van der Waals surface area contributed by atoms with Crippen molar-refractivity contribution in [3.05, 3.63) is 28.8 Å². The SMILES string of the molecule is NC1=NC2c3cc(Cl)ccc3OC2C(N2CC3CCCNC3C2)=N1. The molecule has 0 aliphatic carbocycles. The van der Waals surface area contributed by atoms with Gasteiger partial charge in [0.1, 0.15) is 11.8 Å². The lowest BCUT2D eigenvalue weighted by Crippen LogP contribution is -2.46. The van der Waals surface area contributed by atoms with Gasteiger partial charge in [-0.25, -0.2) is 4.99 Å². The summed E-state index contributed by atoms with van der Waals surface area (Å²) in [5.74, 6) is 2.75. The molecular formula is C17H20ClN5O. The molecule has 1 aromatic carbocycles. The fraction of sp³-hybridized carbons (Fsp3) is 0.529. The summed E-state index contributed by atoms with van der Waals surface area (Å²) in [5.41, 5.74) is 7.02. The Hall–Kier alpha value is -1.79. The highest BCUT2D eigenvalue weighted by atomic mass is 35.5. The number of halogens is 1. The van der Waals surface area contributed by atoms with Gasteiger partial charge in [-0.3, -0.25) is 0 Å². The van der Waals surface area contributed by atoms with Gasteiger partial charge in [0.15, 0.2) is 11.9 Å². The van der Waals surface area contributed by atoms with Crippen molar-refractivity contribution in [2.24, 2.45) is 21.6 Å². The largest absolute Gasteiger partial charge is 0.479 e. The predicted octanol–water partition coefficient (Wildman–Crippen LogP) is 1.55. The van der Waals surface area contributed by atoms with Crippen LogP contribution in [0.1, 0.15) is 24.4 Å². The molecule has 126 valence electrons. The number of nitrogens with one attached hydrogen (secondary N) is 1. The smallest absolute Gasteiger partial charge is 0.217 e. The molecule has 4 unspecified atom stereocenters. The molecule has 5 rings (SSSR count). The van der Waals surface area contributed by atoms with Gasteiger partial charge >= 0.3 is 0 Å². The molecule has 3 N–H and O–H groups in total. The topological polar surface area (TPSA) is 75.2 Å². The van der Waals surface area contributed by atoms with Gasteiger partial charge in [0.2, 0.25) is 5.96 Å². The Labute approximate surface area is 145 Å². The number of rotatable bonds is 0. The third-order valence-electron chi connectivity index (χ3n) is 5.51. The molecule has 2 fully saturated rings. The summed E-state index contributed by atoms with van der Waals surface area (Å²) in [6, 6.07) is 6.06. The predicted molar refractivity (Wildman–Crippen MR) is 93.8 cm³/mol. The van der Waals surface area contributed by atoms with E-state index in [9.17, 15) is 0 Å². The van der Waals surface area contributed by atoms with Crippen LogP contribution >= 0.6 is 11.6 Å². The van der Waals surface area contributed by atoms with Crippen molar-refractivity contribution in [3.63, 3.8) is 0 Å². The van der Waals surface area contributed by atoms with E-state index in [-0.39, 0.29) is 12.1 Å². The molecule has 7 heteroatoms. The summed E-state index contributed by atoms with van der Waals surface area (Å²) in [5, 5.41) is 4.32. The van der Waals surface area contributed by atoms with Crippen molar-refractivity contribution in [2.75, 3.05) is 19.6 Å². The van der Waals surface area contributed by atoms with Crippen LogP contribution in [0.25, 0.3) is 0 Å². The van der Waals surface area contributed by atoms with E-state index in [0.29, 0.717) is 22.9 Å². The Morgan fingerprint density at radius 2 is 2.25 bits per heavy atom. The van der Waals surface area contributed by atoms with Crippen LogP contribution in [-0.2, 0) is 0 Å². The molecule has 0 bridgehead atoms. The van der Waals surface area contributed by atoms with E-state index in [4.69, 9.17) is 22.1 Å². The molecule has 24 heavy (non-hydrogen) atoms. The minimum Gasteiger partial charge on any atom is -0.479 e. The van der Waals surface area contributed by atoms with Crippen LogP contribution in [0.4, 0.5) is 0 Å². The fourth-order valence-corrected chi connectivity index (χ4v) is 4.57. The third-order valence-corrected chi connectivity index (χ3v) is 5.74. The fourth-order valence-electron chi connectivity index (χ4n) is 4.39. The van der Waals surface area contributed by atoms with Crippen molar-refractivity contribution in [3.8, 4) is 5.75 Å². The minimum absolute atomic E-state index is 0.151. The normalized spacial score (nSPS) is 34.0. The summed E-state index contributed by atoms with van der Waals surface area (Å²) in [6.45, 7) is 3.07. The Morgan fingerprint density at radius 1 is 1.33 bits per heavy atom. The number of nitrogens with zero attached hydrogens (tertiary/aromatic N) is 3. The van der Waals surface area contributed by atoms with Gasteiger partial charge in [0.25, 0.3) is 0 Å². The van der Waals surface area contributed by atoms with Crippen molar-refractivity contribution in [2.45, 2.75) is 31.0 Å². The van der Waals surface area contributed by atoms with Gasteiger partial charge in [-0.2, -0.15) is 4.99 Å². The van der Waals surface area contributed by atoms with E-state index >= 15 is 0 Å². The van der Waals surface area contributed by atoms with Crippen LogP contribution < -0.4 is 15.8 Å². The second-order valence-electron chi connectivity index (χ2n) is 6.99. The third kappa shape index (κ3) is 2.20. The first-order valence-corrected chi connectivity index (χ1v) is 8.93. The van der Waals surface area contributed by atoms with E-state index in [1.165, 1.54) is 12.8 Å². The van der Waals surface area contributed by atoms with E-state index in [2.05, 4.69) is 20.2 Å². The summed E-state index contributed by atoms with van der Waals surface area (Å²) < 4.78 is 6.18. The second kappa shape index (κ2) is 5.36. The van der Waals surface area contributed by atoms with Gasteiger partial charge in [-0.1, -0.05) is 11.6 Å². The maximum atomic E-state index is 6.18. The molecule has 0 aromatic heterocycles. The minimum atomic E-state index is -0.203. The van der Waals surface area contributed by atoms with Crippen LogP contribution in [0, 0.1) is 5.92 Å². The first kappa shape index (κ1) is 14.5. The lowest BCUT2D eigenvalue weighted by atomic mass is 9.94. The molecule has 4 aliphatic rings.